The Kier molecular flexibility index (Phi) is 4.26. The first-order valence-corrected chi connectivity index (χ1v) is 4.72. The van der Waals surface area contributed by atoms with Gasteiger partial charge >= 0.3 is 0 Å². The SMILES string of the molecule is CCCC(N)CNc1ccncc1. The Hall–Kier alpha value is -1.09. The molecule has 0 aliphatic carbocycles. The highest BCUT2D eigenvalue weighted by Crippen LogP contribution is 2.03. The van der Waals surface area contributed by atoms with E-state index >= 15 is 0 Å². The number of hydrogen-bond donors (Lipinski definition) is 2. The second-order valence-electron chi connectivity index (χ2n) is 3.17. The van der Waals surface area contributed by atoms with Crippen molar-refractivity contribution in [1.82, 2.24) is 4.98 Å². The van der Waals surface area contributed by atoms with E-state index in [1.54, 1.807) is 12.4 Å². The van der Waals surface area contributed by atoms with Crippen molar-refractivity contribution < 1.29 is 0 Å². The summed E-state index contributed by atoms with van der Waals surface area (Å²) in [4.78, 5) is 3.94. The average Bonchev–Trinajstić information content (AvgIpc) is 2.17. The lowest BCUT2D eigenvalue weighted by atomic mass is 10.2. The summed E-state index contributed by atoms with van der Waals surface area (Å²) in [6.07, 6.45) is 5.75. The molecule has 0 aromatic carbocycles. The van der Waals surface area contributed by atoms with E-state index in [1.807, 2.05) is 12.1 Å². The van der Waals surface area contributed by atoms with Gasteiger partial charge in [-0.1, -0.05) is 13.3 Å². The maximum Gasteiger partial charge on any atom is 0.0371 e. The lowest BCUT2D eigenvalue weighted by Crippen LogP contribution is -2.28. The highest BCUT2D eigenvalue weighted by Gasteiger charge is 1.99. The second-order valence-corrected chi connectivity index (χ2v) is 3.17. The molecule has 1 atom stereocenters. The molecule has 0 aliphatic rings. The molecule has 3 N–H and O–H groups in total. The molecule has 0 spiro atoms. The molecule has 13 heavy (non-hydrogen) atoms. The van der Waals surface area contributed by atoms with Crippen LogP contribution in [-0.2, 0) is 0 Å². The standard InChI is InChI=1S/C10H17N3/c1-2-3-9(11)8-13-10-4-6-12-7-5-10/h4-7,9H,2-3,8,11H2,1H3,(H,12,13). The minimum atomic E-state index is 0.248. The number of nitrogens with two attached hydrogens (primary N) is 1. The Morgan fingerprint density at radius 2 is 2.15 bits per heavy atom. The van der Waals surface area contributed by atoms with Crippen molar-refractivity contribution in [3.63, 3.8) is 0 Å². The topological polar surface area (TPSA) is 50.9 Å². The van der Waals surface area contributed by atoms with E-state index in [9.17, 15) is 0 Å². The third kappa shape index (κ3) is 3.90. The molecular formula is C10H17N3. The third-order valence-electron chi connectivity index (χ3n) is 1.91. The molecule has 1 aromatic rings. The summed E-state index contributed by atoms with van der Waals surface area (Å²) in [5.74, 6) is 0. The van der Waals surface area contributed by atoms with Gasteiger partial charge in [0.1, 0.15) is 0 Å². The highest BCUT2D eigenvalue weighted by atomic mass is 14.9. The Labute approximate surface area is 79.4 Å². The van der Waals surface area contributed by atoms with E-state index < -0.39 is 0 Å². The van der Waals surface area contributed by atoms with Crippen molar-refractivity contribution in [2.75, 3.05) is 11.9 Å². The molecule has 0 aliphatic heterocycles. The van der Waals surface area contributed by atoms with Crippen LogP contribution in [0.2, 0.25) is 0 Å². The minimum Gasteiger partial charge on any atom is -0.383 e. The van der Waals surface area contributed by atoms with E-state index in [1.165, 1.54) is 0 Å². The molecule has 0 bridgehead atoms. The third-order valence-corrected chi connectivity index (χ3v) is 1.91. The van der Waals surface area contributed by atoms with Gasteiger partial charge in [0.2, 0.25) is 0 Å². The van der Waals surface area contributed by atoms with E-state index in [2.05, 4.69) is 17.2 Å². The van der Waals surface area contributed by atoms with Crippen molar-refractivity contribution in [2.45, 2.75) is 25.8 Å². The molecule has 0 saturated carbocycles. The number of hydrogen-bond acceptors (Lipinski definition) is 3. The van der Waals surface area contributed by atoms with Crippen molar-refractivity contribution >= 4 is 5.69 Å². The molecular weight excluding hydrogens is 162 g/mol. The van der Waals surface area contributed by atoms with Gasteiger partial charge in [0.05, 0.1) is 0 Å². The molecule has 3 nitrogen and oxygen atoms in total. The van der Waals surface area contributed by atoms with E-state index in [0.717, 1.165) is 25.1 Å². The molecule has 0 radical (unpaired) electrons. The van der Waals surface area contributed by atoms with Gasteiger partial charge < -0.3 is 11.1 Å². The zero-order valence-electron chi connectivity index (χ0n) is 8.03. The molecule has 1 unspecified atom stereocenters. The maximum atomic E-state index is 5.85. The first-order valence-electron chi connectivity index (χ1n) is 4.72. The van der Waals surface area contributed by atoms with Crippen LogP contribution in [0, 0.1) is 0 Å². The molecule has 1 heterocycles. The quantitative estimate of drug-likeness (QED) is 0.722. The molecule has 72 valence electrons. The van der Waals surface area contributed by atoms with Gasteiger partial charge in [0.25, 0.3) is 0 Å². The van der Waals surface area contributed by atoms with Gasteiger partial charge in [0, 0.05) is 30.7 Å². The number of aromatic nitrogens is 1. The number of rotatable bonds is 5. The predicted molar refractivity (Wildman–Crippen MR) is 55.6 cm³/mol. The largest absolute Gasteiger partial charge is 0.383 e. The molecule has 1 aromatic heterocycles. The monoisotopic (exact) mass is 179 g/mol. The van der Waals surface area contributed by atoms with Crippen LogP contribution in [0.5, 0.6) is 0 Å². The summed E-state index contributed by atoms with van der Waals surface area (Å²) in [6, 6.07) is 4.13. The zero-order chi connectivity index (χ0) is 9.52. The summed E-state index contributed by atoms with van der Waals surface area (Å²) in [7, 11) is 0. The Morgan fingerprint density at radius 1 is 1.46 bits per heavy atom. The predicted octanol–water partition coefficient (Wildman–Crippen LogP) is 1.62. The van der Waals surface area contributed by atoms with E-state index in [4.69, 9.17) is 5.73 Å². The van der Waals surface area contributed by atoms with E-state index in [0.29, 0.717) is 0 Å². The summed E-state index contributed by atoms with van der Waals surface area (Å²) in [6.45, 7) is 2.98. The van der Waals surface area contributed by atoms with Crippen molar-refractivity contribution in [1.29, 1.82) is 0 Å². The minimum absolute atomic E-state index is 0.248. The lowest BCUT2D eigenvalue weighted by Gasteiger charge is -2.11. The highest BCUT2D eigenvalue weighted by molar-refractivity contribution is 5.40. The van der Waals surface area contributed by atoms with Gasteiger partial charge in [-0.15, -0.1) is 0 Å². The summed E-state index contributed by atoms with van der Waals surface area (Å²) in [5, 5.41) is 3.26. The van der Waals surface area contributed by atoms with Gasteiger partial charge in [-0.3, -0.25) is 4.98 Å². The van der Waals surface area contributed by atoms with Crippen molar-refractivity contribution in [2.24, 2.45) is 5.73 Å². The summed E-state index contributed by atoms with van der Waals surface area (Å²) >= 11 is 0. The van der Waals surface area contributed by atoms with Crippen LogP contribution < -0.4 is 11.1 Å². The number of nitrogens with one attached hydrogen (secondary N) is 1. The fourth-order valence-corrected chi connectivity index (χ4v) is 1.19. The average molecular weight is 179 g/mol. The number of nitrogens with zero attached hydrogens (tertiary/aromatic N) is 1. The van der Waals surface area contributed by atoms with Crippen LogP contribution in [0.1, 0.15) is 19.8 Å². The van der Waals surface area contributed by atoms with Gasteiger partial charge in [0.15, 0.2) is 0 Å². The van der Waals surface area contributed by atoms with Crippen molar-refractivity contribution in [3.8, 4) is 0 Å². The zero-order valence-corrected chi connectivity index (χ0v) is 8.03. The van der Waals surface area contributed by atoms with Crippen LogP contribution in [0.15, 0.2) is 24.5 Å². The van der Waals surface area contributed by atoms with Crippen molar-refractivity contribution in [3.05, 3.63) is 24.5 Å². The molecule has 0 fully saturated rings. The first-order chi connectivity index (χ1) is 6.33. The summed E-state index contributed by atoms with van der Waals surface area (Å²) < 4.78 is 0. The number of anilines is 1. The molecule has 0 amide bonds. The lowest BCUT2D eigenvalue weighted by molar-refractivity contribution is 0.627. The first kappa shape index (κ1) is 9.99. The Morgan fingerprint density at radius 3 is 2.77 bits per heavy atom. The smallest absolute Gasteiger partial charge is 0.0371 e. The maximum absolute atomic E-state index is 5.85. The Balaban J connectivity index is 2.27. The molecule has 1 rings (SSSR count). The number of pyridine rings is 1. The van der Waals surface area contributed by atoms with Crippen LogP contribution in [0.3, 0.4) is 0 Å². The van der Waals surface area contributed by atoms with Crippen LogP contribution in [0.4, 0.5) is 5.69 Å². The second kappa shape index (κ2) is 5.54. The summed E-state index contributed by atoms with van der Waals surface area (Å²) in [5.41, 5.74) is 6.94. The molecule has 3 heteroatoms. The Bertz CT molecular complexity index is 223. The van der Waals surface area contributed by atoms with Crippen LogP contribution in [0.25, 0.3) is 0 Å². The normalized spacial score (nSPS) is 12.5. The van der Waals surface area contributed by atoms with E-state index in [-0.39, 0.29) is 6.04 Å². The fraction of sp³-hybridized carbons (Fsp3) is 0.500. The van der Waals surface area contributed by atoms with Gasteiger partial charge in [-0.25, -0.2) is 0 Å². The van der Waals surface area contributed by atoms with Gasteiger partial charge in [-0.05, 0) is 18.6 Å². The van der Waals surface area contributed by atoms with Gasteiger partial charge in [-0.2, -0.15) is 0 Å². The molecule has 0 saturated heterocycles. The van der Waals surface area contributed by atoms with Crippen LogP contribution >= 0.6 is 0 Å². The fourth-order valence-electron chi connectivity index (χ4n) is 1.19. The van der Waals surface area contributed by atoms with Crippen LogP contribution in [-0.4, -0.2) is 17.6 Å².